The van der Waals surface area contributed by atoms with E-state index in [0.29, 0.717) is 22.6 Å². The van der Waals surface area contributed by atoms with Gasteiger partial charge in [0.05, 0.1) is 11.3 Å². The van der Waals surface area contributed by atoms with Crippen molar-refractivity contribution < 1.29 is 9.18 Å². The molecule has 1 aromatic carbocycles. The number of aromatic nitrogens is 2. The fourth-order valence-electron chi connectivity index (χ4n) is 1.84. The van der Waals surface area contributed by atoms with Crippen molar-refractivity contribution >= 4 is 11.6 Å². The summed E-state index contributed by atoms with van der Waals surface area (Å²) in [5.74, 6) is -0.572. The average Bonchev–Trinajstić information content (AvgIpc) is 2.67. The molecule has 0 aliphatic rings. The van der Waals surface area contributed by atoms with Crippen LogP contribution in [-0.4, -0.2) is 23.2 Å². The van der Waals surface area contributed by atoms with E-state index in [0.717, 1.165) is 0 Å². The lowest BCUT2D eigenvalue weighted by atomic mass is 10.1. The van der Waals surface area contributed by atoms with Gasteiger partial charge in [0, 0.05) is 18.4 Å². The van der Waals surface area contributed by atoms with E-state index in [1.807, 2.05) is 0 Å². The van der Waals surface area contributed by atoms with Crippen LogP contribution < -0.4 is 4.90 Å². The summed E-state index contributed by atoms with van der Waals surface area (Å²) in [6, 6.07) is 5.92. The van der Waals surface area contributed by atoms with E-state index in [-0.39, 0.29) is 11.7 Å². The molecule has 0 atom stereocenters. The number of amides is 1. The molecule has 0 saturated carbocycles. The van der Waals surface area contributed by atoms with Gasteiger partial charge in [-0.3, -0.25) is 9.89 Å². The molecule has 1 amide bonds. The molecular weight excluding hydrogens is 233 g/mol. The van der Waals surface area contributed by atoms with Crippen molar-refractivity contribution in [3.63, 3.8) is 0 Å². The first-order chi connectivity index (χ1) is 8.50. The SMILES string of the molecule is Cc1n[nH]c(C)c1C(=O)N(C)c1cccc(F)c1. The van der Waals surface area contributed by atoms with Gasteiger partial charge in [-0.05, 0) is 32.0 Å². The first kappa shape index (κ1) is 12.3. The zero-order chi connectivity index (χ0) is 13.3. The highest BCUT2D eigenvalue weighted by atomic mass is 19.1. The minimum Gasteiger partial charge on any atom is -0.311 e. The summed E-state index contributed by atoms with van der Waals surface area (Å²) in [6.45, 7) is 3.54. The third-order valence-corrected chi connectivity index (χ3v) is 2.84. The van der Waals surface area contributed by atoms with Crippen molar-refractivity contribution in [1.29, 1.82) is 0 Å². The smallest absolute Gasteiger partial charge is 0.261 e. The molecule has 0 aliphatic heterocycles. The van der Waals surface area contributed by atoms with Crippen molar-refractivity contribution in [3.05, 3.63) is 47.0 Å². The molecule has 0 spiro atoms. The highest BCUT2D eigenvalue weighted by Crippen LogP contribution is 2.19. The minimum absolute atomic E-state index is 0.204. The van der Waals surface area contributed by atoms with E-state index in [9.17, 15) is 9.18 Å². The van der Waals surface area contributed by atoms with E-state index < -0.39 is 0 Å². The molecule has 0 unspecified atom stereocenters. The summed E-state index contributed by atoms with van der Waals surface area (Å²) < 4.78 is 13.1. The lowest BCUT2D eigenvalue weighted by molar-refractivity contribution is 0.0992. The van der Waals surface area contributed by atoms with Crippen molar-refractivity contribution in [2.24, 2.45) is 0 Å². The van der Waals surface area contributed by atoms with Crippen LogP contribution in [0.3, 0.4) is 0 Å². The number of benzene rings is 1. The Balaban J connectivity index is 2.35. The first-order valence-electron chi connectivity index (χ1n) is 5.56. The van der Waals surface area contributed by atoms with Crippen LogP contribution in [0.2, 0.25) is 0 Å². The number of carbonyl (C=O) groups excluding carboxylic acids is 1. The number of aromatic amines is 1. The number of hydrogen-bond acceptors (Lipinski definition) is 2. The molecular formula is C13H14FN3O. The molecule has 5 heteroatoms. The number of rotatable bonds is 2. The van der Waals surface area contributed by atoms with Gasteiger partial charge >= 0.3 is 0 Å². The summed E-state index contributed by atoms with van der Waals surface area (Å²) in [5, 5.41) is 6.75. The average molecular weight is 247 g/mol. The standard InChI is InChI=1S/C13H14FN3O/c1-8-12(9(2)16-15-8)13(18)17(3)11-6-4-5-10(14)7-11/h4-7H,1-3H3,(H,15,16). The van der Waals surface area contributed by atoms with Gasteiger partial charge in [-0.25, -0.2) is 4.39 Å². The normalized spacial score (nSPS) is 10.4. The van der Waals surface area contributed by atoms with Gasteiger partial charge in [-0.1, -0.05) is 6.07 Å². The highest BCUT2D eigenvalue weighted by molar-refractivity contribution is 6.07. The Bertz CT molecular complexity index is 572. The summed E-state index contributed by atoms with van der Waals surface area (Å²) in [5.41, 5.74) is 2.39. The molecule has 0 saturated heterocycles. The van der Waals surface area contributed by atoms with Crippen LogP contribution in [0.25, 0.3) is 0 Å². The second-order valence-corrected chi connectivity index (χ2v) is 4.15. The van der Waals surface area contributed by atoms with Gasteiger partial charge < -0.3 is 4.90 Å². The molecule has 0 bridgehead atoms. The van der Waals surface area contributed by atoms with Crippen LogP contribution in [0, 0.1) is 19.7 Å². The Hall–Kier alpha value is -2.17. The second kappa shape index (κ2) is 4.60. The van der Waals surface area contributed by atoms with Crippen LogP contribution in [0.5, 0.6) is 0 Å². The molecule has 94 valence electrons. The number of anilines is 1. The molecule has 4 nitrogen and oxygen atoms in total. The lowest BCUT2D eigenvalue weighted by Gasteiger charge is -2.17. The van der Waals surface area contributed by atoms with E-state index >= 15 is 0 Å². The van der Waals surface area contributed by atoms with Crippen molar-refractivity contribution in [2.75, 3.05) is 11.9 Å². The summed E-state index contributed by atoms with van der Waals surface area (Å²) in [7, 11) is 1.61. The Morgan fingerprint density at radius 1 is 1.39 bits per heavy atom. The number of aryl methyl sites for hydroxylation is 2. The molecule has 18 heavy (non-hydrogen) atoms. The first-order valence-corrected chi connectivity index (χ1v) is 5.56. The molecule has 1 heterocycles. The van der Waals surface area contributed by atoms with Crippen LogP contribution in [-0.2, 0) is 0 Å². The van der Waals surface area contributed by atoms with E-state index in [1.54, 1.807) is 33.0 Å². The van der Waals surface area contributed by atoms with Crippen molar-refractivity contribution in [3.8, 4) is 0 Å². The number of carbonyl (C=O) groups is 1. The fraction of sp³-hybridized carbons (Fsp3) is 0.231. The zero-order valence-electron chi connectivity index (χ0n) is 10.5. The monoisotopic (exact) mass is 247 g/mol. The van der Waals surface area contributed by atoms with Crippen molar-refractivity contribution in [1.82, 2.24) is 10.2 Å². The van der Waals surface area contributed by atoms with Gasteiger partial charge in [0.1, 0.15) is 5.82 Å². The van der Waals surface area contributed by atoms with Crippen LogP contribution in [0.1, 0.15) is 21.7 Å². The topological polar surface area (TPSA) is 49.0 Å². The van der Waals surface area contributed by atoms with Crippen molar-refractivity contribution in [2.45, 2.75) is 13.8 Å². The van der Waals surface area contributed by atoms with Gasteiger partial charge in [0.25, 0.3) is 5.91 Å². The Morgan fingerprint density at radius 3 is 2.67 bits per heavy atom. The van der Waals surface area contributed by atoms with E-state index in [2.05, 4.69) is 10.2 Å². The van der Waals surface area contributed by atoms with E-state index in [4.69, 9.17) is 0 Å². The maximum Gasteiger partial charge on any atom is 0.261 e. The molecule has 1 aromatic heterocycles. The quantitative estimate of drug-likeness (QED) is 0.886. The highest BCUT2D eigenvalue weighted by Gasteiger charge is 2.20. The molecule has 0 radical (unpaired) electrons. The van der Waals surface area contributed by atoms with Gasteiger partial charge in [0.15, 0.2) is 0 Å². The molecule has 2 rings (SSSR count). The Morgan fingerprint density at radius 2 is 2.11 bits per heavy atom. The lowest BCUT2D eigenvalue weighted by Crippen LogP contribution is -2.27. The minimum atomic E-state index is -0.368. The van der Waals surface area contributed by atoms with Crippen LogP contribution in [0.4, 0.5) is 10.1 Å². The number of hydrogen-bond donors (Lipinski definition) is 1. The van der Waals surface area contributed by atoms with E-state index in [1.165, 1.54) is 17.0 Å². The van der Waals surface area contributed by atoms with Crippen LogP contribution in [0.15, 0.2) is 24.3 Å². The second-order valence-electron chi connectivity index (χ2n) is 4.15. The predicted octanol–water partition coefficient (Wildman–Crippen LogP) is 2.44. The largest absolute Gasteiger partial charge is 0.311 e. The Kier molecular flexibility index (Phi) is 3.14. The zero-order valence-corrected chi connectivity index (χ0v) is 10.5. The molecule has 1 N–H and O–H groups in total. The summed E-state index contributed by atoms with van der Waals surface area (Å²) >= 11 is 0. The van der Waals surface area contributed by atoms with Crippen LogP contribution >= 0.6 is 0 Å². The number of nitrogens with zero attached hydrogens (tertiary/aromatic N) is 2. The third-order valence-electron chi connectivity index (χ3n) is 2.84. The number of H-pyrrole nitrogens is 1. The molecule has 2 aromatic rings. The third kappa shape index (κ3) is 2.11. The maximum atomic E-state index is 13.1. The van der Waals surface area contributed by atoms with Gasteiger partial charge in [-0.2, -0.15) is 5.10 Å². The van der Waals surface area contributed by atoms with Gasteiger partial charge in [0.2, 0.25) is 0 Å². The number of halogens is 1. The molecule has 0 fully saturated rings. The summed E-state index contributed by atoms with van der Waals surface area (Å²) in [4.78, 5) is 13.7. The molecule has 0 aliphatic carbocycles. The number of nitrogens with one attached hydrogen (secondary N) is 1. The summed E-state index contributed by atoms with van der Waals surface area (Å²) in [6.07, 6.45) is 0. The maximum absolute atomic E-state index is 13.1. The fourth-order valence-corrected chi connectivity index (χ4v) is 1.84. The Labute approximate surface area is 104 Å². The predicted molar refractivity (Wildman–Crippen MR) is 67.2 cm³/mol. The van der Waals surface area contributed by atoms with Gasteiger partial charge in [-0.15, -0.1) is 0 Å².